The summed E-state index contributed by atoms with van der Waals surface area (Å²) in [6, 6.07) is 18.2. The van der Waals surface area contributed by atoms with E-state index >= 15 is 0 Å². The number of hydrogen-bond donors (Lipinski definition) is 1. The lowest BCUT2D eigenvalue weighted by atomic mass is 9.79. The second-order valence-electron chi connectivity index (χ2n) is 7.01. The van der Waals surface area contributed by atoms with Crippen molar-refractivity contribution in [1.29, 1.82) is 0 Å². The second kappa shape index (κ2) is 7.69. The Kier molecular flexibility index (Phi) is 5.12. The van der Waals surface area contributed by atoms with Gasteiger partial charge in [-0.1, -0.05) is 58.4 Å². The van der Waals surface area contributed by atoms with Crippen LogP contribution in [-0.2, 0) is 22.6 Å². The third-order valence-electron chi connectivity index (χ3n) is 5.10. The Labute approximate surface area is 167 Å². The van der Waals surface area contributed by atoms with Crippen molar-refractivity contribution in [3.05, 3.63) is 82.0 Å². The summed E-state index contributed by atoms with van der Waals surface area (Å²) in [7, 11) is 0. The van der Waals surface area contributed by atoms with Gasteiger partial charge in [-0.2, -0.15) is 0 Å². The number of rotatable bonds is 6. The largest absolute Gasteiger partial charge is 0.488 e. The maximum Gasteiger partial charge on any atom is 0.225 e. The first kappa shape index (κ1) is 18.0. The molecule has 1 saturated heterocycles. The van der Waals surface area contributed by atoms with Gasteiger partial charge in [-0.05, 0) is 35.8 Å². The summed E-state index contributed by atoms with van der Waals surface area (Å²) in [6.07, 6.45) is 5.28. The van der Waals surface area contributed by atoms with E-state index in [2.05, 4.69) is 33.4 Å². The van der Waals surface area contributed by atoms with E-state index in [1.165, 1.54) is 5.56 Å². The fourth-order valence-electron chi connectivity index (χ4n) is 3.78. The van der Waals surface area contributed by atoms with E-state index in [1.807, 2.05) is 48.5 Å². The van der Waals surface area contributed by atoms with Crippen LogP contribution in [0.25, 0.3) is 0 Å². The average Bonchev–Trinajstić information content (AvgIpc) is 3.28. The molecular formula is C22H21BrN2O2. The fourth-order valence-corrected chi connectivity index (χ4v) is 4.23. The highest BCUT2D eigenvalue weighted by atomic mass is 79.9. The lowest BCUT2D eigenvalue weighted by Crippen LogP contribution is -2.40. The molecule has 2 unspecified atom stereocenters. The molecule has 4 nitrogen and oxygen atoms in total. The van der Waals surface area contributed by atoms with Crippen LogP contribution >= 0.6 is 15.9 Å². The van der Waals surface area contributed by atoms with Gasteiger partial charge >= 0.3 is 0 Å². The Morgan fingerprint density at radius 3 is 2.70 bits per heavy atom. The molecule has 0 radical (unpaired) electrons. The second-order valence-corrected chi connectivity index (χ2v) is 7.93. The van der Waals surface area contributed by atoms with Crippen molar-refractivity contribution in [3.8, 4) is 0 Å². The minimum absolute atomic E-state index is 0.0765. The van der Waals surface area contributed by atoms with Crippen LogP contribution in [0.4, 0.5) is 0 Å². The van der Waals surface area contributed by atoms with E-state index in [-0.39, 0.29) is 11.8 Å². The first-order valence-electron chi connectivity index (χ1n) is 9.12. The predicted octanol–water partition coefficient (Wildman–Crippen LogP) is 4.05. The Morgan fingerprint density at radius 1 is 1.15 bits per heavy atom. The Bertz CT molecular complexity index is 894. The van der Waals surface area contributed by atoms with E-state index < -0.39 is 5.54 Å². The van der Waals surface area contributed by atoms with E-state index in [9.17, 15) is 4.79 Å². The normalized spacial score (nSPS) is 24.0. The predicted molar refractivity (Wildman–Crippen MR) is 109 cm³/mol. The molecule has 138 valence electrons. The minimum Gasteiger partial charge on any atom is -0.488 e. The Balaban J connectivity index is 1.56. The van der Waals surface area contributed by atoms with E-state index in [4.69, 9.17) is 9.73 Å². The van der Waals surface area contributed by atoms with Crippen LogP contribution < -0.4 is 5.32 Å². The van der Waals surface area contributed by atoms with Gasteiger partial charge in [0.25, 0.3) is 0 Å². The number of allylic oxidation sites excluding steroid dienone is 1. The van der Waals surface area contributed by atoms with Crippen molar-refractivity contribution in [2.45, 2.75) is 25.0 Å². The Hall–Kier alpha value is -2.40. The molecule has 2 atom stereocenters. The topological polar surface area (TPSA) is 50.7 Å². The van der Waals surface area contributed by atoms with Crippen molar-refractivity contribution in [2.24, 2.45) is 10.9 Å². The molecule has 0 saturated carbocycles. The van der Waals surface area contributed by atoms with E-state index in [0.717, 1.165) is 22.2 Å². The zero-order valence-corrected chi connectivity index (χ0v) is 16.5. The summed E-state index contributed by atoms with van der Waals surface area (Å²) in [5, 5.41) is 2.95. The smallest absolute Gasteiger partial charge is 0.225 e. The summed E-state index contributed by atoms with van der Waals surface area (Å²) < 4.78 is 7.02. The molecule has 2 aromatic rings. The summed E-state index contributed by atoms with van der Waals surface area (Å²) in [4.78, 5) is 17.2. The number of benzene rings is 2. The molecule has 0 bridgehead atoms. The molecular weight excluding hydrogens is 404 g/mol. The molecule has 2 heterocycles. The summed E-state index contributed by atoms with van der Waals surface area (Å²) in [6.45, 7) is 1.17. The van der Waals surface area contributed by atoms with E-state index in [1.54, 1.807) is 6.21 Å². The van der Waals surface area contributed by atoms with Gasteiger partial charge in [0.05, 0.1) is 17.7 Å². The maximum atomic E-state index is 12.4. The molecule has 2 aliphatic rings. The van der Waals surface area contributed by atoms with Crippen LogP contribution in [-0.4, -0.2) is 24.2 Å². The van der Waals surface area contributed by atoms with Gasteiger partial charge in [-0.15, -0.1) is 0 Å². The Morgan fingerprint density at radius 2 is 1.96 bits per heavy atom. The van der Waals surface area contributed by atoms with Crippen LogP contribution in [0.1, 0.15) is 17.5 Å². The highest BCUT2D eigenvalue weighted by molar-refractivity contribution is 9.10. The molecule has 4 rings (SSSR count). The fraction of sp³-hybridized carbons (Fsp3) is 0.273. The van der Waals surface area contributed by atoms with Crippen molar-refractivity contribution in [2.75, 3.05) is 6.54 Å². The van der Waals surface area contributed by atoms with Crippen molar-refractivity contribution < 1.29 is 9.53 Å². The van der Waals surface area contributed by atoms with Crippen LogP contribution in [0.5, 0.6) is 0 Å². The van der Waals surface area contributed by atoms with Crippen molar-refractivity contribution >= 4 is 28.1 Å². The first-order valence-corrected chi connectivity index (χ1v) is 9.91. The summed E-state index contributed by atoms with van der Waals surface area (Å²) >= 11 is 3.48. The number of carbonyl (C=O) groups is 1. The van der Waals surface area contributed by atoms with Gasteiger partial charge in [0.1, 0.15) is 12.4 Å². The van der Waals surface area contributed by atoms with Gasteiger partial charge in [-0.25, -0.2) is 0 Å². The van der Waals surface area contributed by atoms with Crippen LogP contribution in [0, 0.1) is 5.92 Å². The number of amides is 1. The highest BCUT2D eigenvalue weighted by Crippen LogP contribution is 2.37. The molecule has 0 aliphatic carbocycles. The number of halogens is 1. The number of nitrogens with zero attached hydrogens (tertiary/aromatic N) is 1. The van der Waals surface area contributed by atoms with Crippen molar-refractivity contribution in [1.82, 2.24) is 5.32 Å². The van der Waals surface area contributed by atoms with E-state index in [0.29, 0.717) is 19.6 Å². The first-order chi connectivity index (χ1) is 13.1. The van der Waals surface area contributed by atoms with Gasteiger partial charge in [-0.3, -0.25) is 9.79 Å². The quantitative estimate of drug-likeness (QED) is 0.759. The van der Waals surface area contributed by atoms with Gasteiger partial charge in [0.2, 0.25) is 5.91 Å². The molecule has 1 amide bonds. The summed E-state index contributed by atoms with van der Waals surface area (Å²) in [5.41, 5.74) is 1.67. The van der Waals surface area contributed by atoms with Gasteiger partial charge in [0.15, 0.2) is 0 Å². The lowest BCUT2D eigenvalue weighted by Gasteiger charge is -2.29. The molecule has 1 fully saturated rings. The molecule has 2 aromatic carbocycles. The highest BCUT2D eigenvalue weighted by Gasteiger charge is 2.45. The molecule has 2 aliphatic heterocycles. The third-order valence-corrected chi connectivity index (χ3v) is 5.59. The van der Waals surface area contributed by atoms with Crippen LogP contribution in [0.3, 0.4) is 0 Å². The number of aliphatic imine (C=N–C) groups is 1. The number of carbonyl (C=O) groups excluding carboxylic acids is 1. The number of hydrogen-bond acceptors (Lipinski definition) is 3. The zero-order chi connectivity index (χ0) is 18.7. The molecule has 0 spiro atoms. The number of ether oxygens (including phenoxy) is 1. The van der Waals surface area contributed by atoms with Crippen LogP contribution in [0.15, 0.2) is 75.9 Å². The standard InChI is InChI=1S/C22H21BrN2O2/c23-18-8-4-7-17(11-18)15-27-19-13-22(25-14-19,20-9-10-24-21(20)26)12-16-5-2-1-3-6-16/h1-8,11,13-14,20H,9-10,12,15H2,(H,24,26). The van der Waals surface area contributed by atoms with Crippen molar-refractivity contribution in [3.63, 3.8) is 0 Å². The molecule has 27 heavy (non-hydrogen) atoms. The van der Waals surface area contributed by atoms with Gasteiger partial charge < -0.3 is 10.1 Å². The SMILES string of the molecule is O=C1NCCC1C1(Cc2ccccc2)C=C(OCc2cccc(Br)c2)C=N1. The average molecular weight is 425 g/mol. The summed E-state index contributed by atoms with van der Waals surface area (Å²) in [5.74, 6) is 0.638. The molecule has 1 N–H and O–H groups in total. The zero-order valence-electron chi connectivity index (χ0n) is 14.9. The number of nitrogens with one attached hydrogen (secondary N) is 1. The monoisotopic (exact) mass is 424 g/mol. The molecule has 5 heteroatoms. The minimum atomic E-state index is -0.575. The molecule has 0 aromatic heterocycles. The maximum absolute atomic E-state index is 12.4. The third kappa shape index (κ3) is 3.98. The lowest BCUT2D eigenvalue weighted by molar-refractivity contribution is -0.123. The van der Waals surface area contributed by atoms with Gasteiger partial charge in [0, 0.05) is 17.4 Å². The van der Waals surface area contributed by atoms with Crippen LogP contribution in [0.2, 0.25) is 0 Å².